The third kappa shape index (κ3) is 3.32. The number of fused-ring (bicyclic) bond motifs is 3. The molecule has 0 saturated carbocycles. The van der Waals surface area contributed by atoms with Gasteiger partial charge in [0.2, 0.25) is 5.95 Å². The van der Waals surface area contributed by atoms with E-state index in [0.29, 0.717) is 28.1 Å². The van der Waals surface area contributed by atoms with Gasteiger partial charge in [-0.2, -0.15) is 4.52 Å². The van der Waals surface area contributed by atoms with Gasteiger partial charge in [0.1, 0.15) is 17.0 Å². The van der Waals surface area contributed by atoms with Gasteiger partial charge in [0.25, 0.3) is 5.91 Å². The number of rotatable bonds is 5. The maximum atomic E-state index is 12.3. The lowest BCUT2D eigenvalue weighted by Crippen LogP contribution is -2.24. The summed E-state index contributed by atoms with van der Waals surface area (Å²) in [6, 6.07) is 8.33. The van der Waals surface area contributed by atoms with Crippen molar-refractivity contribution in [2.75, 3.05) is 20.0 Å². The van der Waals surface area contributed by atoms with Gasteiger partial charge >= 0.3 is 5.97 Å². The van der Waals surface area contributed by atoms with Gasteiger partial charge in [-0.3, -0.25) is 9.78 Å². The number of amides is 1. The van der Waals surface area contributed by atoms with Crippen LogP contribution in [-0.2, 0) is 11.3 Å². The maximum absolute atomic E-state index is 12.3. The summed E-state index contributed by atoms with van der Waals surface area (Å²) in [5.41, 5.74) is 7.48. The Morgan fingerprint density at radius 3 is 2.70 bits per heavy atom. The quantitative estimate of drug-likeness (QED) is 0.462. The van der Waals surface area contributed by atoms with E-state index < -0.39 is 11.9 Å². The summed E-state index contributed by atoms with van der Waals surface area (Å²) >= 11 is 0. The van der Waals surface area contributed by atoms with Gasteiger partial charge in [0.15, 0.2) is 11.5 Å². The molecule has 11 heteroatoms. The van der Waals surface area contributed by atoms with Crippen LogP contribution in [0.4, 0.5) is 5.95 Å². The SMILES string of the molecule is COC(=O)c1ccc(C(=O)NCc2nc3c4cccc(OC)c4nc(N)n3n2)nc1. The number of para-hydroxylation sites is 1. The molecule has 3 heterocycles. The lowest BCUT2D eigenvalue weighted by molar-refractivity contribution is 0.0599. The second kappa shape index (κ2) is 7.62. The van der Waals surface area contributed by atoms with E-state index in [1.807, 2.05) is 12.1 Å². The molecule has 0 atom stereocenters. The molecule has 4 aromatic rings. The van der Waals surface area contributed by atoms with Gasteiger partial charge in [-0.05, 0) is 24.3 Å². The molecule has 0 aliphatic carbocycles. The Morgan fingerprint density at radius 1 is 1.17 bits per heavy atom. The van der Waals surface area contributed by atoms with Crippen molar-refractivity contribution in [1.29, 1.82) is 0 Å². The van der Waals surface area contributed by atoms with E-state index in [9.17, 15) is 9.59 Å². The van der Waals surface area contributed by atoms with Gasteiger partial charge in [-0.15, -0.1) is 5.10 Å². The molecule has 0 fully saturated rings. The van der Waals surface area contributed by atoms with E-state index in [1.165, 1.54) is 30.0 Å². The molecule has 3 aromatic heterocycles. The molecule has 4 rings (SSSR count). The summed E-state index contributed by atoms with van der Waals surface area (Å²) in [4.78, 5) is 36.6. The minimum atomic E-state index is -0.529. The van der Waals surface area contributed by atoms with Crippen LogP contribution in [0.25, 0.3) is 16.6 Å². The molecule has 0 aliphatic heterocycles. The number of carbonyl (C=O) groups excluding carboxylic acids is 2. The number of benzene rings is 1. The first-order valence-corrected chi connectivity index (χ1v) is 8.82. The number of methoxy groups -OCH3 is 2. The van der Waals surface area contributed by atoms with Crippen molar-refractivity contribution in [2.24, 2.45) is 0 Å². The number of nitrogens with two attached hydrogens (primary N) is 1. The van der Waals surface area contributed by atoms with E-state index in [0.717, 1.165) is 0 Å². The smallest absolute Gasteiger partial charge is 0.339 e. The number of aromatic nitrogens is 5. The van der Waals surface area contributed by atoms with Crippen molar-refractivity contribution in [3.63, 3.8) is 0 Å². The molecule has 0 spiro atoms. The molecule has 0 aliphatic rings. The zero-order valence-electron chi connectivity index (χ0n) is 16.1. The second-order valence-corrected chi connectivity index (χ2v) is 6.20. The van der Waals surface area contributed by atoms with Crippen LogP contribution < -0.4 is 15.8 Å². The van der Waals surface area contributed by atoms with Crippen LogP contribution >= 0.6 is 0 Å². The molecule has 152 valence electrons. The molecule has 30 heavy (non-hydrogen) atoms. The first kappa shape index (κ1) is 19.1. The van der Waals surface area contributed by atoms with Crippen LogP contribution in [0.5, 0.6) is 5.75 Å². The lowest BCUT2D eigenvalue weighted by atomic mass is 10.2. The first-order chi connectivity index (χ1) is 14.5. The van der Waals surface area contributed by atoms with Crippen molar-refractivity contribution in [1.82, 2.24) is 29.9 Å². The lowest BCUT2D eigenvalue weighted by Gasteiger charge is -2.06. The van der Waals surface area contributed by atoms with Crippen LogP contribution in [0.1, 0.15) is 26.7 Å². The summed E-state index contributed by atoms with van der Waals surface area (Å²) in [6.45, 7) is 0.0475. The highest BCUT2D eigenvalue weighted by Gasteiger charge is 2.16. The highest BCUT2D eigenvalue weighted by Crippen LogP contribution is 2.27. The molecule has 3 N–H and O–H groups in total. The number of nitrogens with one attached hydrogen (secondary N) is 1. The first-order valence-electron chi connectivity index (χ1n) is 8.82. The summed E-state index contributed by atoms with van der Waals surface area (Å²) in [7, 11) is 2.82. The maximum Gasteiger partial charge on any atom is 0.339 e. The van der Waals surface area contributed by atoms with E-state index in [-0.39, 0.29) is 23.8 Å². The molecule has 11 nitrogen and oxygen atoms in total. The van der Waals surface area contributed by atoms with Gasteiger partial charge in [-0.1, -0.05) is 6.07 Å². The minimum absolute atomic E-state index is 0.0475. The van der Waals surface area contributed by atoms with Crippen LogP contribution in [0.15, 0.2) is 36.5 Å². The second-order valence-electron chi connectivity index (χ2n) is 6.20. The zero-order valence-corrected chi connectivity index (χ0v) is 16.1. The molecular weight excluding hydrogens is 390 g/mol. The fraction of sp³-hybridized carbons (Fsp3) is 0.158. The van der Waals surface area contributed by atoms with Gasteiger partial charge in [0.05, 0.1) is 26.3 Å². The summed E-state index contributed by atoms with van der Waals surface area (Å²) in [5.74, 6) is 0.0906. The Labute approximate surface area is 169 Å². The van der Waals surface area contributed by atoms with E-state index in [2.05, 4.69) is 30.1 Å². The average molecular weight is 407 g/mol. The minimum Gasteiger partial charge on any atom is -0.494 e. The number of nitrogen functional groups attached to an aromatic ring is 1. The number of hydrogen-bond donors (Lipinski definition) is 2. The predicted molar refractivity (Wildman–Crippen MR) is 106 cm³/mol. The van der Waals surface area contributed by atoms with Crippen LogP contribution in [0.2, 0.25) is 0 Å². The number of ether oxygens (including phenoxy) is 2. The Hall–Kier alpha value is -4.28. The number of esters is 1. The van der Waals surface area contributed by atoms with Gasteiger partial charge in [-0.25, -0.2) is 14.8 Å². The van der Waals surface area contributed by atoms with Crippen molar-refractivity contribution < 1.29 is 19.1 Å². The number of hydrogen-bond acceptors (Lipinski definition) is 9. The molecule has 1 amide bonds. The Balaban J connectivity index is 1.57. The van der Waals surface area contributed by atoms with Crippen LogP contribution in [-0.4, -0.2) is 50.7 Å². The van der Waals surface area contributed by atoms with Gasteiger partial charge in [0, 0.05) is 11.6 Å². The zero-order chi connectivity index (χ0) is 21.3. The number of nitrogens with zero attached hydrogens (tertiary/aromatic N) is 5. The molecule has 1 aromatic carbocycles. The molecular formula is C19H17N7O4. The van der Waals surface area contributed by atoms with E-state index in [1.54, 1.807) is 13.2 Å². The number of pyridine rings is 1. The Morgan fingerprint density at radius 2 is 2.00 bits per heavy atom. The molecule has 0 radical (unpaired) electrons. The van der Waals surface area contributed by atoms with Crippen LogP contribution in [0, 0.1) is 0 Å². The van der Waals surface area contributed by atoms with E-state index in [4.69, 9.17) is 10.5 Å². The van der Waals surface area contributed by atoms with Crippen LogP contribution in [0.3, 0.4) is 0 Å². The Kier molecular flexibility index (Phi) is 4.84. The molecule has 0 saturated heterocycles. The molecule has 0 unspecified atom stereocenters. The number of anilines is 1. The van der Waals surface area contributed by atoms with Crippen molar-refractivity contribution >= 4 is 34.4 Å². The highest BCUT2D eigenvalue weighted by molar-refractivity contribution is 5.96. The Bertz CT molecular complexity index is 1270. The number of carbonyl (C=O) groups is 2. The summed E-state index contributed by atoms with van der Waals surface area (Å²) in [6.07, 6.45) is 1.27. The van der Waals surface area contributed by atoms with E-state index >= 15 is 0 Å². The van der Waals surface area contributed by atoms with Gasteiger partial charge < -0.3 is 20.5 Å². The fourth-order valence-corrected chi connectivity index (χ4v) is 2.93. The monoisotopic (exact) mass is 407 g/mol. The third-order valence-electron chi connectivity index (χ3n) is 4.38. The van der Waals surface area contributed by atoms with Crippen molar-refractivity contribution in [3.05, 3.63) is 53.6 Å². The summed E-state index contributed by atoms with van der Waals surface area (Å²) in [5, 5.41) is 7.72. The summed E-state index contributed by atoms with van der Waals surface area (Å²) < 4.78 is 11.3. The fourth-order valence-electron chi connectivity index (χ4n) is 2.93. The largest absolute Gasteiger partial charge is 0.494 e. The highest BCUT2D eigenvalue weighted by atomic mass is 16.5. The average Bonchev–Trinajstić information content (AvgIpc) is 3.22. The topological polar surface area (TPSA) is 147 Å². The van der Waals surface area contributed by atoms with Crippen molar-refractivity contribution in [3.8, 4) is 5.75 Å². The third-order valence-corrected chi connectivity index (χ3v) is 4.38. The van der Waals surface area contributed by atoms with Crippen molar-refractivity contribution in [2.45, 2.75) is 6.54 Å². The standard InChI is InChI=1S/C19H17N7O4/c1-29-13-5-3-4-11-15(13)24-19(20)26-16(11)23-14(25-26)9-22-17(27)12-7-6-10(8-21-12)18(28)30-2/h3-8H,9H2,1-2H3,(H2,20,24)(H,22,27). The predicted octanol–water partition coefficient (Wildman–Crippen LogP) is 0.980. The normalized spacial score (nSPS) is 10.9. The molecule has 0 bridgehead atoms.